The number of aromatic nitrogens is 2. The molecule has 2 N–H and O–H groups in total. The van der Waals surface area contributed by atoms with Crippen molar-refractivity contribution in [3.63, 3.8) is 0 Å². The third-order valence-electron chi connectivity index (χ3n) is 3.76. The molecule has 0 fully saturated rings. The van der Waals surface area contributed by atoms with Crippen LogP contribution in [0.1, 0.15) is 11.1 Å². The van der Waals surface area contributed by atoms with Crippen molar-refractivity contribution in [2.24, 2.45) is 5.10 Å². The fourth-order valence-corrected chi connectivity index (χ4v) is 2.52. The molecule has 0 aliphatic heterocycles. The lowest BCUT2D eigenvalue weighted by Gasteiger charge is -2.17. The maximum Gasteiger partial charge on any atom is 0.461 e. The van der Waals surface area contributed by atoms with Gasteiger partial charge in [-0.1, -0.05) is 47.5 Å². The highest BCUT2D eigenvalue weighted by molar-refractivity contribution is 6.29. The van der Waals surface area contributed by atoms with E-state index in [0.717, 1.165) is 23.3 Å². The molecular formula is C20H16ClF4N5O. The summed E-state index contributed by atoms with van der Waals surface area (Å²) < 4.78 is 54.9. The molecule has 31 heavy (non-hydrogen) atoms. The Hall–Kier alpha value is -3.40. The zero-order chi connectivity index (χ0) is 22.4. The fourth-order valence-electron chi connectivity index (χ4n) is 2.34. The smallest absolute Gasteiger partial charge is 0.428 e. The third kappa shape index (κ3) is 6.54. The van der Waals surface area contributed by atoms with Crippen molar-refractivity contribution in [3.05, 3.63) is 70.9 Å². The zero-order valence-corrected chi connectivity index (χ0v) is 16.7. The Bertz CT molecular complexity index is 1060. The van der Waals surface area contributed by atoms with E-state index < -0.39 is 18.3 Å². The molecule has 0 aliphatic rings. The van der Waals surface area contributed by atoms with E-state index in [1.54, 1.807) is 6.21 Å². The van der Waals surface area contributed by atoms with E-state index in [2.05, 4.69) is 30.5 Å². The van der Waals surface area contributed by atoms with E-state index >= 15 is 0 Å². The monoisotopic (exact) mass is 453 g/mol. The van der Waals surface area contributed by atoms with Crippen LogP contribution in [0.2, 0.25) is 5.15 Å². The Morgan fingerprint density at radius 2 is 1.84 bits per heavy atom. The Morgan fingerprint density at radius 3 is 2.55 bits per heavy atom. The molecule has 0 saturated heterocycles. The van der Waals surface area contributed by atoms with Gasteiger partial charge in [-0.2, -0.15) is 32.6 Å². The van der Waals surface area contributed by atoms with Crippen molar-refractivity contribution in [1.29, 1.82) is 0 Å². The minimum atomic E-state index is -4.61. The summed E-state index contributed by atoms with van der Waals surface area (Å²) in [6, 6.07) is 14.1. The lowest BCUT2D eigenvalue weighted by Crippen LogP contribution is -2.33. The number of alkyl halides is 4. The Balaban J connectivity index is 1.70. The summed E-state index contributed by atoms with van der Waals surface area (Å²) in [7, 11) is 0. The predicted molar refractivity (Wildman–Crippen MR) is 111 cm³/mol. The number of nitrogens with one attached hydrogen (secondary N) is 2. The molecule has 1 aromatic heterocycles. The molecule has 0 radical (unpaired) electrons. The minimum Gasteiger partial charge on any atom is -0.428 e. The minimum absolute atomic E-state index is 0.0787. The number of benzene rings is 2. The Morgan fingerprint density at radius 1 is 1.10 bits per heavy atom. The van der Waals surface area contributed by atoms with Crippen LogP contribution in [0.3, 0.4) is 0 Å². The number of hydrazone groups is 1. The molecule has 0 spiro atoms. The first-order chi connectivity index (χ1) is 14.7. The van der Waals surface area contributed by atoms with Crippen LogP contribution in [-0.2, 0) is 0 Å². The van der Waals surface area contributed by atoms with Gasteiger partial charge in [0.2, 0.25) is 5.95 Å². The number of halogens is 5. The van der Waals surface area contributed by atoms with Crippen LogP contribution < -0.4 is 15.5 Å². The second-order valence-corrected chi connectivity index (χ2v) is 6.68. The lowest BCUT2D eigenvalue weighted by molar-refractivity contribution is -0.253. The highest BCUT2D eigenvalue weighted by atomic mass is 35.5. The summed E-state index contributed by atoms with van der Waals surface area (Å²) in [5, 5.41) is 6.94. The highest BCUT2D eigenvalue weighted by Gasteiger charge is 2.43. The van der Waals surface area contributed by atoms with Gasteiger partial charge >= 0.3 is 12.5 Å². The molecule has 2 aromatic carbocycles. The van der Waals surface area contributed by atoms with Gasteiger partial charge in [0.25, 0.3) is 0 Å². The number of rotatable bonds is 8. The van der Waals surface area contributed by atoms with Crippen LogP contribution in [-0.4, -0.2) is 28.7 Å². The third-order valence-corrected chi connectivity index (χ3v) is 3.96. The summed E-state index contributed by atoms with van der Waals surface area (Å²) in [4.78, 5) is 8.15. The SMILES string of the molecule is Cc1ccc(/C=N/Nc2nc(Cl)cc(Nc3cccc(OC(F)(F)C(F)F)c3)n2)cc1. The standard InChI is InChI=1S/C20H16ClF4N5O/c1-12-5-7-13(8-6-12)11-26-30-19-28-16(21)10-17(29-19)27-14-3-2-4-15(9-14)31-20(24,25)18(22)23/h2-11,18H,1H3,(H2,27,28,29,30)/b26-11+. The lowest BCUT2D eigenvalue weighted by atomic mass is 10.2. The zero-order valence-electron chi connectivity index (χ0n) is 16.0. The van der Waals surface area contributed by atoms with Crippen LogP contribution >= 0.6 is 11.6 Å². The number of hydrogen-bond acceptors (Lipinski definition) is 6. The van der Waals surface area contributed by atoms with Crippen molar-refractivity contribution in [2.75, 3.05) is 10.7 Å². The molecule has 0 saturated carbocycles. The molecule has 0 amide bonds. The first kappa shape index (κ1) is 22.3. The molecule has 0 aliphatic carbocycles. The molecule has 0 bridgehead atoms. The van der Waals surface area contributed by atoms with Crippen LogP contribution in [0.4, 0.5) is 35.0 Å². The van der Waals surface area contributed by atoms with Gasteiger partial charge in [-0.25, -0.2) is 5.43 Å². The van der Waals surface area contributed by atoms with Crippen LogP contribution in [0.25, 0.3) is 0 Å². The molecule has 6 nitrogen and oxygen atoms in total. The van der Waals surface area contributed by atoms with Crippen molar-refractivity contribution in [1.82, 2.24) is 9.97 Å². The van der Waals surface area contributed by atoms with E-state index in [9.17, 15) is 17.6 Å². The van der Waals surface area contributed by atoms with E-state index in [1.165, 1.54) is 18.2 Å². The largest absolute Gasteiger partial charge is 0.461 e. The molecule has 162 valence electrons. The Kier molecular flexibility index (Phi) is 6.91. The second-order valence-electron chi connectivity index (χ2n) is 6.30. The van der Waals surface area contributed by atoms with Crippen molar-refractivity contribution < 1.29 is 22.3 Å². The first-order valence-corrected chi connectivity index (χ1v) is 9.21. The van der Waals surface area contributed by atoms with Crippen LogP contribution in [0.5, 0.6) is 5.75 Å². The van der Waals surface area contributed by atoms with Gasteiger partial charge in [0.1, 0.15) is 16.7 Å². The summed E-state index contributed by atoms with van der Waals surface area (Å²) in [5.41, 5.74) is 4.88. The van der Waals surface area contributed by atoms with Gasteiger partial charge in [-0.05, 0) is 24.6 Å². The van der Waals surface area contributed by atoms with Gasteiger partial charge in [-0.15, -0.1) is 0 Å². The van der Waals surface area contributed by atoms with Gasteiger partial charge in [0, 0.05) is 17.8 Å². The fraction of sp³-hybridized carbons (Fsp3) is 0.150. The summed E-state index contributed by atoms with van der Waals surface area (Å²) >= 11 is 5.99. The molecule has 3 aromatic rings. The van der Waals surface area contributed by atoms with Crippen LogP contribution in [0, 0.1) is 6.92 Å². The van der Waals surface area contributed by atoms with Crippen molar-refractivity contribution >= 4 is 35.3 Å². The van der Waals surface area contributed by atoms with E-state index in [0.29, 0.717) is 0 Å². The molecule has 3 rings (SSSR count). The number of anilines is 3. The maximum atomic E-state index is 13.1. The average molecular weight is 454 g/mol. The average Bonchev–Trinajstić information content (AvgIpc) is 2.69. The maximum absolute atomic E-state index is 13.1. The summed E-state index contributed by atoms with van der Waals surface area (Å²) in [5.74, 6) is -0.155. The van der Waals surface area contributed by atoms with Gasteiger partial charge in [0.05, 0.1) is 6.21 Å². The number of hydrogen-bond donors (Lipinski definition) is 2. The highest BCUT2D eigenvalue weighted by Crippen LogP contribution is 2.29. The normalized spacial score (nSPS) is 11.7. The van der Waals surface area contributed by atoms with Gasteiger partial charge in [0.15, 0.2) is 0 Å². The van der Waals surface area contributed by atoms with Crippen LogP contribution in [0.15, 0.2) is 59.7 Å². The van der Waals surface area contributed by atoms with Crippen molar-refractivity contribution in [2.45, 2.75) is 19.5 Å². The van der Waals surface area contributed by atoms with Crippen molar-refractivity contribution in [3.8, 4) is 5.75 Å². The number of nitrogens with zero attached hydrogens (tertiary/aromatic N) is 3. The van der Waals surface area contributed by atoms with E-state index in [4.69, 9.17) is 11.6 Å². The topological polar surface area (TPSA) is 71.4 Å². The molecule has 0 atom stereocenters. The Labute approximate surface area is 179 Å². The quantitative estimate of drug-likeness (QED) is 0.193. The van der Waals surface area contributed by atoms with Gasteiger partial charge in [-0.3, -0.25) is 0 Å². The van der Waals surface area contributed by atoms with E-state index in [1.807, 2.05) is 31.2 Å². The molecule has 1 heterocycles. The molecule has 11 heteroatoms. The summed E-state index contributed by atoms with van der Waals surface area (Å²) in [6.07, 6.45) is -7.00. The second kappa shape index (κ2) is 9.61. The number of ether oxygens (including phenoxy) is 1. The molecular weight excluding hydrogens is 438 g/mol. The molecule has 0 unspecified atom stereocenters. The first-order valence-electron chi connectivity index (χ1n) is 8.84. The number of aryl methyl sites for hydroxylation is 1. The van der Waals surface area contributed by atoms with Gasteiger partial charge < -0.3 is 10.1 Å². The van der Waals surface area contributed by atoms with E-state index in [-0.39, 0.29) is 22.6 Å². The summed E-state index contributed by atoms with van der Waals surface area (Å²) in [6.45, 7) is 1.97. The predicted octanol–water partition coefficient (Wildman–Crippen LogP) is 5.86.